The van der Waals surface area contributed by atoms with Crippen molar-refractivity contribution in [3.63, 3.8) is 0 Å². The lowest BCUT2D eigenvalue weighted by molar-refractivity contribution is 0.0489. The number of benzene rings is 1. The first-order valence-electron chi connectivity index (χ1n) is 7.76. The number of aliphatic hydroxyl groups is 1. The number of aromatic nitrogens is 1. The monoisotopic (exact) mass is 333 g/mol. The van der Waals surface area contributed by atoms with Crippen molar-refractivity contribution < 1.29 is 18.6 Å². The molecule has 1 aromatic carbocycles. The zero-order valence-corrected chi connectivity index (χ0v) is 14.0. The predicted octanol–water partition coefficient (Wildman–Crippen LogP) is 4.58. The van der Waals surface area contributed by atoms with E-state index in [1.54, 1.807) is 30.6 Å². The van der Waals surface area contributed by atoms with Crippen LogP contribution >= 0.6 is 0 Å². The lowest BCUT2D eigenvalue weighted by Gasteiger charge is -2.30. The fourth-order valence-electron chi connectivity index (χ4n) is 2.05. The molecular formula is C19H21F2NO2. The summed E-state index contributed by atoms with van der Waals surface area (Å²) in [5, 5.41) is 10.7. The summed E-state index contributed by atoms with van der Waals surface area (Å²) in [7, 11) is 0. The van der Waals surface area contributed by atoms with Gasteiger partial charge in [0.25, 0.3) is 0 Å². The molecule has 0 amide bonds. The Bertz CT molecular complexity index is 715. The van der Waals surface area contributed by atoms with E-state index in [2.05, 4.69) is 4.98 Å². The SMILES string of the molecule is CCC(C)(C)C(O)/C(=C\c1cccnc1)Oc1ccc(F)cc1F. The highest BCUT2D eigenvalue weighted by molar-refractivity contribution is 5.52. The van der Waals surface area contributed by atoms with Gasteiger partial charge in [-0.3, -0.25) is 4.98 Å². The van der Waals surface area contributed by atoms with Crippen LogP contribution in [0.5, 0.6) is 5.75 Å². The predicted molar refractivity (Wildman–Crippen MR) is 89.3 cm³/mol. The molecule has 2 aromatic rings. The van der Waals surface area contributed by atoms with Crippen LogP contribution in [0, 0.1) is 17.0 Å². The Labute approximate surface area is 140 Å². The number of aliphatic hydroxyl groups excluding tert-OH is 1. The van der Waals surface area contributed by atoms with E-state index < -0.39 is 23.2 Å². The number of nitrogens with zero attached hydrogens (tertiary/aromatic N) is 1. The standard InChI is InChI=1S/C19H21F2NO2/c1-4-19(2,3)18(23)17(10-13-6-5-9-22-12-13)24-16-8-7-14(20)11-15(16)21/h5-12,18,23H,4H2,1-3H3/b17-10+. The van der Waals surface area contributed by atoms with E-state index in [1.165, 1.54) is 6.07 Å². The molecule has 0 spiro atoms. The van der Waals surface area contributed by atoms with E-state index in [0.717, 1.165) is 12.1 Å². The maximum atomic E-state index is 13.9. The van der Waals surface area contributed by atoms with Crippen LogP contribution in [0.15, 0.2) is 48.5 Å². The van der Waals surface area contributed by atoms with Gasteiger partial charge in [0.15, 0.2) is 11.6 Å². The Kier molecular flexibility index (Phi) is 5.67. The van der Waals surface area contributed by atoms with E-state index in [-0.39, 0.29) is 11.5 Å². The topological polar surface area (TPSA) is 42.4 Å². The summed E-state index contributed by atoms with van der Waals surface area (Å²) in [4.78, 5) is 4.01. The minimum absolute atomic E-state index is 0.141. The van der Waals surface area contributed by atoms with Crippen LogP contribution in [0.3, 0.4) is 0 Å². The van der Waals surface area contributed by atoms with Gasteiger partial charge in [0.1, 0.15) is 17.7 Å². The van der Waals surface area contributed by atoms with Gasteiger partial charge >= 0.3 is 0 Å². The molecule has 24 heavy (non-hydrogen) atoms. The van der Waals surface area contributed by atoms with Crippen molar-refractivity contribution in [3.05, 3.63) is 65.7 Å². The molecule has 0 radical (unpaired) electrons. The van der Waals surface area contributed by atoms with Gasteiger partial charge in [-0.05, 0) is 41.7 Å². The second kappa shape index (κ2) is 7.53. The third kappa shape index (κ3) is 4.38. The maximum Gasteiger partial charge on any atom is 0.168 e. The molecule has 5 heteroatoms. The number of rotatable bonds is 6. The summed E-state index contributed by atoms with van der Waals surface area (Å²) in [6.45, 7) is 5.72. The lowest BCUT2D eigenvalue weighted by atomic mass is 9.82. The Morgan fingerprint density at radius 3 is 2.67 bits per heavy atom. The summed E-state index contributed by atoms with van der Waals surface area (Å²) < 4.78 is 32.6. The van der Waals surface area contributed by atoms with Gasteiger partial charge in [0.2, 0.25) is 0 Å². The van der Waals surface area contributed by atoms with Gasteiger partial charge in [-0.15, -0.1) is 0 Å². The number of hydrogen-bond donors (Lipinski definition) is 1. The summed E-state index contributed by atoms with van der Waals surface area (Å²) in [5.41, 5.74) is 0.228. The lowest BCUT2D eigenvalue weighted by Crippen LogP contribution is -2.32. The first-order valence-corrected chi connectivity index (χ1v) is 7.76. The van der Waals surface area contributed by atoms with Gasteiger partial charge in [0.05, 0.1) is 0 Å². The first kappa shape index (κ1) is 18.1. The van der Waals surface area contributed by atoms with Crippen LogP contribution in [0.4, 0.5) is 8.78 Å². The van der Waals surface area contributed by atoms with Crippen LogP contribution in [-0.4, -0.2) is 16.2 Å². The molecule has 3 nitrogen and oxygen atoms in total. The summed E-state index contributed by atoms with van der Waals surface area (Å²) in [6, 6.07) is 6.60. The quantitative estimate of drug-likeness (QED) is 0.787. The molecule has 1 aromatic heterocycles. The average molecular weight is 333 g/mol. The Hall–Kier alpha value is -2.27. The minimum atomic E-state index is -0.966. The number of pyridine rings is 1. The molecule has 1 N–H and O–H groups in total. The highest BCUT2D eigenvalue weighted by Gasteiger charge is 2.31. The molecule has 0 saturated heterocycles. The van der Waals surface area contributed by atoms with Crippen molar-refractivity contribution >= 4 is 6.08 Å². The van der Waals surface area contributed by atoms with E-state index >= 15 is 0 Å². The molecule has 0 fully saturated rings. The molecule has 2 rings (SSSR count). The largest absolute Gasteiger partial charge is 0.456 e. The second-order valence-corrected chi connectivity index (χ2v) is 6.25. The van der Waals surface area contributed by atoms with Gasteiger partial charge < -0.3 is 9.84 Å². The van der Waals surface area contributed by atoms with Crippen molar-refractivity contribution in [2.24, 2.45) is 5.41 Å². The molecule has 1 heterocycles. The fraction of sp³-hybridized carbons (Fsp3) is 0.316. The van der Waals surface area contributed by atoms with Gasteiger partial charge in [-0.25, -0.2) is 8.78 Å². The second-order valence-electron chi connectivity index (χ2n) is 6.25. The summed E-state index contributed by atoms with van der Waals surface area (Å²) in [6.07, 6.45) is 4.57. The number of halogens is 2. The third-order valence-corrected chi connectivity index (χ3v) is 4.04. The van der Waals surface area contributed by atoms with Crippen LogP contribution in [0.25, 0.3) is 6.08 Å². The van der Waals surface area contributed by atoms with Gasteiger partial charge in [0, 0.05) is 18.5 Å². The zero-order chi connectivity index (χ0) is 17.7. The van der Waals surface area contributed by atoms with Gasteiger partial charge in [-0.2, -0.15) is 0 Å². The Morgan fingerprint density at radius 2 is 2.08 bits per heavy atom. The average Bonchev–Trinajstić information content (AvgIpc) is 2.56. The van der Waals surface area contributed by atoms with Crippen molar-refractivity contribution in [3.8, 4) is 5.75 Å². The minimum Gasteiger partial charge on any atom is -0.456 e. The molecule has 128 valence electrons. The van der Waals surface area contributed by atoms with E-state index in [1.807, 2.05) is 20.8 Å². The molecule has 0 saturated carbocycles. The van der Waals surface area contributed by atoms with E-state index in [9.17, 15) is 13.9 Å². The van der Waals surface area contributed by atoms with Crippen LogP contribution in [-0.2, 0) is 0 Å². The Morgan fingerprint density at radius 1 is 1.33 bits per heavy atom. The normalized spacial score (nSPS) is 13.7. The first-order chi connectivity index (χ1) is 11.3. The summed E-state index contributed by atoms with van der Waals surface area (Å²) >= 11 is 0. The van der Waals surface area contributed by atoms with Crippen molar-refractivity contribution in [1.29, 1.82) is 0 Å². The van der Waals surface area contributed by atoms with Crippen molar-refractivity contribution in [1.82, 2.24) is 4.98 Å². The van der Waals surface area contributed by atoms with E-state index in [4.69, 9.17) is 4.74 Å². The smallest absolute Gasteiger partial charge is 0.168 e. The van der Waals surface area contributed by atoms with E-state index in [0.29, 0.717) is 12.0 Å². The van der Waals surface area contributed by atoms with Crippen molar-refractivity contribution in [2.45, 2.75) is 33.3 Å². The van der Waals surface area contributed by atoms with Crippen LogP contribution in [0.2, 0.25) is 0 Å². The molecule has 1 unspecified atom stereocenters. The van der Waals surface area contributed by atoms with Crippen molar-refractivity contribution in [2.75, 3.05) is 0 Å². The third-order valence-electron chi connectivity index (χ3n) is 4.04. The van der Waals surface area contributed by atoms with Crippen LogP contribution in [0.1, 0.15) is 32.8 Å². The number of hydrogen-bond acceptors (Lipinski definition) is 3. The Balaban J connectivity index is 2.41. The molecule has 0 bridgehead atoms. The molecule has 0 aliphatic heterocycles. The number of ether oxygens (including phenoxy) is 1. The maximum absolute atomic E-state index is 13.9. The van der Waals surface area contributed by atoms with Crippen LogP contribution < -0.4 is 4.74 Å². The summed E-state index contributed by atoms with van der Waals surface area (Å²) in [5.74, 6) is -1.47. The highest BCUT2D eigenvalue weighted by atomic mass is 19.1. The molecule has 1 atom stereocenters. The molecular weight excluding hydrogens is 312 g/mol. The fourth-order valence-corrected chi connectivity index (χ4v) is 2.05. The zero-order valence-electron chi connectivity index (χ0n) is 14.0. The molecule has 0 aliphatic carbocycles. The molecule has 0 aliphatic rings. The highest BCUT2D eigenvalue weighted by Crippen LogP contribution is 2.32. The van der Waals surface area contributed by atoms with Gasteiger partial charge in [-0.1, -0.05) is 26.8 Å².